The molecule has 0 atom stereocenters. The Hall–Kier alpha value is 0.661. The quantitative estimate of drug-likeness (QED) is 0.204. The van der Waals surface area contributed by atoms with E-state index in [1.165, 1.54) is 30.6 Å². The molecule has 0 aromatic carbocycles. The maximum Gasteiger partial charge on any atom is 0.197 e. The van der Waals surface area contributed by atoms with Crippen molar-refractivity contribution in [1.82, 2.24) is 0 Å². The summed E-state index contributed by atoms with van der Waals surface area (Å²) in [5, 5.41) is 0. The van der Waals surface area contributed by atoms with Crippen molar-refractivity contribution in [1.29, 1.82) is 0 Å². The summed E-state index contributed by atoms with van der Waals surface area (Å²) >= 11 is 0. The normalized spacial score (nSPS) is 14.7. The van der Waals surface area contributed by atoms with Gasteiger partial charge in [-0.1, -0.05) is 17.8 Å². The van der Waals surface area contributed by atoms with Crippen LogP contribution in [0.4, 0.5) is 0 Å². The molecule has 0 N–H and O–H groups in total. The lowest BCUT2D eigenvalue weighted by Crippen LogP contribution is -2.48. The summed E-state index contributed by atoms with van der Waals surface area (Å²) in [7, 11) is -10.1. The Balaban J connectivity index is 4.71. The lowest BCUT2D eigenvalue weighted by Gasteiger charge is -2.38. The van der Waals surface area contributed by atoms with Gasteiger partial charge >= 0.3 is 0 Å². The van der Waals surface area contributed by atoms with Gasteiger partial charge in [0.1, 0.15) is 0 Å². The number of hydrogen-bond acceptors (Lipinski definition) is 3. The van der Waals surface area contributed by atoms with Gasteiger partial charge in [-0.2, -0.15) is 0 Å². The van der Waals surface area contributed by atoms with Gasteiger partial charge < -0.3 is 12.3 Å². The maximum absolute atomic E-state index is 6.92. The predicted octanol–water partition coefficient (Wildman–Crippen LogP) is 8.11. The second-order valence-corrected chi connectivity index (χ2v) is 38.1. The third-order valence-corrected chi connectivity index (χ3v) is 27.0. The molecule has 0 aliphatic heterocycles. The molecule has 30 heavy (non-hydrogen) atoms. The molecule has 0 aromatic heterocycles. The Morgan fingerprint density at radius 1 is 0.467 bits per heavy atom. The highest BCUT2D eigenvalue weighted by molar-refractivity contribution is 6.89. The summed E-state index contributed by atoms with van der Waals surface area (Å²) in [6.45, 7) is 36.0. The minimum Gasteiger partial charge on any atom is -0.456 e. The molecule has 0 bridgehead atoms. The molecule has 0 radical (unpaired) electrons. The van der Waals surface area contributed by atoms with Crippen LogP contribution in [0, 0.1) is 0 Å². The Kier molecular flexibility index (Phi) is 11.4. The molecule has 3 nitrogen and oxygen atoms in total. The molecule has 0 fully saturated rings. The van der Waals surface area contributed by atoms with E-state index in [4.69, 9.17) is 12.3 Å². The molecular weight excluding hydrogens is 469 g/mol. The summed E-state index contributed by atoms with van der Waals surface area (Å²) in [6, 6.07) is 4.84. The van der Waals surface area contributed by atoms with Gasteiger partial charge in [0.2, 0.25) is 0 Å². The Morgan fingerprint density at radius 2 is 0.733 bits per heavy atom. The first-order valence-electron chi connectivity index (χ1n) is 11.5. The Bertz CT molecular complexity index is 571. The van der Waals surface area contributed by atoms with Crippen LogP contribution in [0.3, 0.4) is 0 Å². The van der Waals surface area contributed by atoms with Gasteiger partial charge in [0, 0.05) is 0 Å². The molecule has 0 heterocycles. The number of rotatable bonds is 15. The first-order valence-corrected chi connectivity index (χ1v) is 30.0. The first kappa shape index (κ1) is 30.7. The zero-order valence-corrected chi connectivity index (χ0v) is 28.3. The van der Waals surface area contributed by atoms with Crippen molar-refractivity contribution in [3.63, 3.8) is 0 Å². The Labute approximate surface area is 195 Å². The molecule has 0 rings (SSSR count). The lowest BCUT2D eigenvalue weighted by atomic mass is 10.6. The summed E-state index contributed by atoms with van der Waals surface area (Å²) in [5.41, 5.74) is 4.12. The second kappa shape index (κ2) is 11.2. The van der Waals surface area contributed by atoms with Gasteiger partial charge in [-0.25, -0.2) is 0 Å². The van der Waals surface area contributed by atoms with Gasteiger partial charge in [0.15, 0.2) is 49.9 Å². The molecule has 0 saturated carbocycles. The average Bonchev–Trinajstić information content (AvgIpc) is 2.50. The summed E-state index contributed by atoms with van der Waals surface area (Å²) in [6.07, 6.45) is 1.23. The monoisotopic (exact) mass is 520 g/mol. The molecule has 0 aliphatic rings. The van der Waals surface area contributed by atoms with Crippen LogP contribution in [0.1, 0.15) is 6.42 Å². The topological polar surface area (TPSA) is 27.7 Å². The van der Waals surface area contributed by atoms with Crippen molar-refractivity contribution in [3.05, 3.63) is 24.6 Å². The van der Waals surface area contributed by atoms with E-state index in [2.05, 4.69) is 103 Å². The molecule has 9 heteroatoms. The van der Waals surface area contributed by atoms with E-state index in [-0.39, 0.29) is 0 Å². The van der Waals surface area contributed by atoms with Crippen molar-refractivity contribution in [3.8, 4) is 0 Å². The molecule has 0 amide bonds. The molecule has 178 valence electrons. The van der Waals surface area contributed by atoms with Gasteiger partial charge in [-0.3, -0.25) is 0 Å². The number of hydrogen-bond donors (Lipinski definition) is 0. The van der Waals surface area contributed by atoms with Crippen LogP contribution in [-0.2, 0) is 12.3 Å². The minimum atomic E-state index is -1.71. The van der Waals surface area contributed by atoms with Crippen molar-refractivity contribution in [2.75, 3.05) is 0 Å². The van der Waals surface area contributed by atoms with E-state index < -0.39 is 49.9 Å². The zero-order chi connectivity index (χ0) is 24.1. The standard InChI is InChI=1S/C21H52O3Si6/c1-15-25(3,4)22-27(7,8)18-17-19-28(9,10)24-30(13,14)21-20-29(11,12)23-26(5,6)16-2/h15-16H,1-2,17-21H2,3-14H3. The average molecular weight is 521 g/mol. The van der Waals surface area contributed by atoms with E-state index in [1.807, 2.05) is 0 Å². The molecule has 0 unspecified atom stereocenters. The van der Waals surface area contributed by atoms with E-state index in [9.17, 15) is 0 Å². The van der Waals surface area contributed by atoms with Crippen LogP contribution >= 0.6 is 0 Å². The zero-order valence-electron chi connectivity index (χ0n) is 22.3. The molecule has 0 aromatic rings. The summed E-state index contributed by atoms with van der Waals surface area (Å²) in [4.78, 5) is 0. The third-order valence-electron chi connectivity index (χ3n) is 5.50. The highest BCUT2D eigenvalue weighted by Crippen LogP contribution is 2.30. The maximum atomic E-state index is 6.92. The van der Waals surface area contributed by atoms with E-state index in [1.54, 1.807) is 0 Å². The fourth-order valence-electron chi connectivity index (χ4n) is 4.00. The van der Waals surface area contributed by atoms with Gasteiger partial charge in [-0.05, 0) is 103 Å². The van der Waals surface area contributed by atoms with E-state index >= 15 is 0 Å². The van der Waals surface area contributed by atoms with Gasteiger partial charge in [0.25, 0.3) is 0 Å². The Morgan fingerprint density at radius 3 is 1.07 bits per heavy atom. The molecule has 0 saturated heterocycles. The van der Waals surface area contributed by atoms with E-state index in [0.717, 1.165) is 0 Å². The fraction of sp³-hybridized carbons (Fsp3) is 0.810. The molecule has 0 aliphatic carbocycles. The van der Waals surface area contributed by atoms with Crippen molar-refractivity contribution in [2.45, 2.75) is 109 Å². The smallest absolute Gasteiger partial charge is 0.197 e. The molecule has 0 spiro atoms. The van der Waals surface area contributed by atoms with Crippen LogP contribution < -0.4 is 0 Å². The van der Waals surface area contributed by atoms with Crippen molar-refractivity contribution < 1.29 is 12.3 Å². The SMILES string of the molecule is C=C[Si](C)(C)O[Si](C)(C)CCC[Si](C)(C)O[Si](C)(C)CC[Si](C)(C)O[Si](C)(C)C=C. The van der Waals surface area contributed by atoms with Gasteiger partial charge in [0.05, 0.1) is 0 Å². The summed E-state index contributed by atoms with van der Waals surface area (Å²) < 4.78 is 20.0. The highest BCUT2D eigenvalue weighted by atomic mass is 28.4. The minimum absolute atomic E-state index is 1.19. The molecular formula is C21H52O3Si6. The van der Waals surface area contributed by atoms with Crippen LogP contribution in [0.25, 0.3) is 0 Å². The van der Waals surface area contributed by atoms with Crippen LogP contribution in [0.15, 0.2) is 24.6 Å². The van der Waals surface area contributed by atoms with Gasteiger partial charge in [-0.15, -0.1) is 13.2 Å². The fourth-order valence-corrected chi connectivity index (χ4v) is 30.9. The van der Waals surface area contributed by atoms with Crippen molar-refractivity contribution in [2.24, 2.45) is 0 Å². The predicted molar refractivity (Wildman–Crippen MR) is 152 cm³/mol. The van der Waals surface area contributed by atoms with Crippen LogP contribution in [0.5, 0.6) is 0 Å². The third kappa shape index (κ3) is 13.9. The van der Waals surface area contributed by atoms with Crippen LogP contribution in [0.2, 0.25) is 103 Å². The van der Waals surface area contributed by atoms with E-state index in [0.29, 0.717) is 0 Å². The first-order chi connectivity index (χ1) is 13.2. The lowest BCUT2D eigenvalue weighted by molar-refractivity contribution is 0.524. The second-order valence-electron chi connectivity index (χ2n) is 12.3. The van der Waals surface area contributed by atoms with Crippen LogP contribution in [-0.4, -0.2) is 49.9 Å². The summed E-state index contributed by atoms with van der Waals surface area (Å²) in [5.74, 6) is 0. The van der Waals surface area contributed by atoms with Crippen molar-refractivity contribution >= 4 is 49.9 Å². The largest absolute Gasteiger partial charge is 0.456 e. The highest BCUT2D eigenvalue weighted by Gasteiger charge is 2.38.